The van der Waals surface area contributed by atoms with Crippen LogP contribution in [0, 0.1) is 5.92 Å². The zero-order valence-corrected chi connectivity index (χ0v) is 20.4. The lowest BCUT2D eigenvalue weighted by Gasteiger charge is -2.28. The minimum absolute atomic E-state index is 0.694. The van der Waals surface area contributed by atoms with Gasteiger partial charge in [-0.25, -0.2) is 0 Å². The molecule has 0 nitrogen and oxygen atoms in total. The van der Waals surface area contributed by atoms with Gasteiger partial charge in [-0.2, -0.15) is 0 Å². The van der Waals surface area contributed by atoms with Crippen LogP contribution >= 0.6 is 0 Å². The molecule has 2 aliphatic rings. The van der Waals surface area contributed by atoms with Crippen molar-refractivity contribution in [3.8, 4) is 11.1 Å². The number of rotatable bonds is 8. The van der Waals surface area contributed by atoms with Crippen LogP contribution in [0.1, 0.15) is 107 Å². The first-order valence-corrected chi connectivity index (χ1v) is 13.3. The topological polar surface area (TPSA) is 0 Å². The van der Waals surface area contributed by atoms with Gasteiger partial charge in [0.1, 0.15) is 0 Å². The summed E-state index contributed by atoms with van der Waals surface area (Å²) < 4.78 is 0. The summed E-state index contributed by atoms with van der Waals surface area (Å²) in [7, 11) is 0. The Morgan fingerprint density at radius 1 is 0.781 bits per heavy atom. The van der Waals surface area contributed by atoms with E-state index < -0.39 is 0 Å². The zero-order valence-electron chi connectivity index (χ0n) is 20.4. The Balaban J connectivity index is 1.32. The van der Waals surface area contributed by atoms with Crippen molar-refractivity contribution >= 4 is 0 Å². The minimum atomic E-state index is 0.694. The lowest BCUT2D eigenvalue weighted by atomic mass is 9.77. The molecule has 0 amide bonds. The fourth-order valence-corrected chi connectivity index (χ4v) is 5.94. The van der Waals surface area contributed by atoms with Gasteiger partial charge in [0.2, 0.25) is 0 Å². The van der Waals surface area contributed by atoms with E-state index in [1.807, 2.05) is 0 Å². The predicted molar refractivity (Wildman–Crippen MR) is 140 cm³/mol. The van der Waals surface area contributed by atoms with Crippen LogP contribution in [0.2, 0.25) is 0 Å². The number of benzene rings is 2. The molecule has 32 heavy (non-hydrogen) atoms. The van der Waals surface area contributed by atoms with Gasteiger partial charge in [0.05, 0.1) is 0 Å². The molecule has 170 valence electrons. The van der Waals surface area contributed by atoms with Crippen molar-refractivity contribution in [2.45, 2.75) is 96.3 Å². The zero-order chi connectivity index (χ0) is 22.2. The van der Waals surface area contributed by atoms with Crippen LogP contribution in [0.15, 0.2) is 72.3 Å². The van der Waals surface area contributed by atoms with Crippen molar-refractivity contribution in [3.63, 3.8) is 0 Å². The van der Waals surface area contributed by atoms with Gasteiger partial charge in [0.25, 0.3) is 0 Å². The van der Waals surface area contributed by atoms with Crippen LogP contribution in [-0.2, 0) is 0 Å². The summed E-state index contributed by atoms with van der Waals surface area (Å²) in [6, 6.07) is 18.9. The fourth-order valence-electron chi connectivity index (χ4n) is 5.94. The highest BCUT2D eigenvalue weighted by Crippen LogP contribution is 2.38. The SMILES string of the molecule is CC=CCCC1=CCC(c2ccc(-c3ccc(C4CCC(CCC)CC4)cc3)cc2)CC1. The van der Waals surface area contributed by atoms with E-state index in [0.717, 1.165) is 11.8 Å². The maximum absolute atomic E-state index is 2.51. The average molecular weight is 427 g/mol. The molecule has 1 fully saturated rings. The highest BCUT2D eigenvalue weighted by atomic mass is 14.3. The van der Waals surface area contributed by atoms with E-state index in [4.69, 9.17) is 0 Å². The summed E-state index contributed by atoms with van der Waals surface area (Å²) in [4.78, 5) is 0. The second-order valence-electron chi connectivity index (χ2n) is 10.2. The van der Waals surface area contributed by atoms with Crippen molar-refractivity contribution in [2.75, 3.05) is 0 Å². The summed E-state index contributed by atoms with van der Waals surface area (Å²) in [5.74, 6) is 2.46. The molecular formula is C32H42. The molecule has 0 aromatic heterocycles. The molecule has 2 aromatic rings. The molecular weight excluding hydrogens is 384 g/mol. The highest BCUT2D eigenvalue weighted by molar-refractivity contribution is 5.64. The first kappa shape index (κ1) is 23.1. The molecule has 0 heterocycles. The fraction of sp³-hybridized carbons (Fsp3) is 0.500. The standard InChI is InChI=1S/C32H42/c1-3-5-6-8-26-11-15-28(16-12-26)30-19-23-32(24-20-30)31-21-17-29(18-22-31)27-13-9-25(7-4-2)10-14-27/h3,5,11,17-25,27-28H,4,6-10,12-16H2,1-2H3. The number of hydrogen-bond acceptors (Lipinski definition) is 0. The largest absolute Gasteiger partial charge is 0.0917 e. The Morgan fingerprint density at radius 2 is 1.41 bits per heavy atom. The van der Waals surface area contributed by atoms with Crippen LogP contribution in [0.3, 0.4) is 0 Å². The third kappa shape index (κ3) is 6.03. The third-order valence-electron chi connectivity index (χ3n) is 8.01. The maximum Gasteiger partial charge on any atom is -0.0124 e. The molecule has 0 spiro atoms. The first-order chi connectivity index (χ1) is 15.8. The molecule has 1 unspecified atom stereocenters. The van der Waals surface area contributed by atoms with Gasteiger partial charge in [-0.05, 0) is 105 Å². The number of hydrogen-bond donors (Lipinski definition) is 0. The first-order valence-electron chi connectivity index (χ1n) is 13.3. The van der Waals surface area contributed by atoms with Gasteiger partial charge >= 0.3 is 0 Å². The molecule has 0 saturated heterocycles. The van der Waals surface area contributed by atoms with Crippen molar-refractivity contribution in [2.24, 2.45) is 5.92 Å². The Labute approximate surface area is 196 Å². The van der Waals surface area contributed by atoms with Crippen LogP contribution in [0.4, 0.5) is 0 Å². The summed E-state index contributed by atoms with van der Waals surface area (Å²) >= 11 is 0. The summed E-state index contributed by atoms with van der Waals surface area (Å²) in [5, 5.41) is 0. The van der Waals surface area contributed by atoms with Crippen molar-refractivity contribution in [1.82, 2.24) is 0 Å². The van der Waals surface area contributed by atoms with Gasteiger partial charge in [-0.15, -0.1) is 0 Å². The van der Waals surface area contributed by atoms with E-state index in [2.05, 4.69) is 80.6 Å². The molecule has 0 N–H and O–H groups in total. The monoisotopic (exact) mass is 426 g/mol. The maximum atomic E-state index is 2.51. The van der Waals surface area contributed by atoms with E-state index in [1.165, 1.54) is 87.3 Å². The van der Waals surface area contributed by atoms with E-state index in [-0.39, 0.29) is 0 Å². The Hall–Kier alpha value is -2.08. The molecule has 2 aromatic carbocycles. The lowest BCUT2D eigenvalue weighted by Crippen LogP contribution is -2.13. The highest BCUT2D eigenvalue weighted by Gasteiger charge is 2.22. The van der Waals surface area contributed by atoms with E-state index >= 15 is 0 Å². The van der Waals surface area contributed by atoms with Gasteiger partial charge < -0.3 is 0 Å². The summed E-state index contributed by atoms with van der Waals surface area (Å²) in [6.07, 6.45) is 21.6. The summed E-state index contributed by atoms with van der Waals surface area (Å²) in [6.45, 7) is 4.44. The Morgan fingerprint density at radius 3 is 1.94 bits per heavy atom. The molecule has 2 aliphatic carbocycles. The van der Waals surface area contributed by atoms with E-state index in [1.54, 1.807) is 11.1 Å². The van der Waals surface area contributed by atoms with Crippen LogP contribution in [-0.4, -0.2) is 0 Å². The van der Waals surface area contributed by atoms with E-state index in [9.17, 15) is 0 Å². The molecule has 1 saturated carbocycles. The van der Waals surface area contributed by atoms with Gasteiger partial charge in [-0.1, -0.05) is 92.1 Å². The van der Waals surface area contributed by atoms with Crippen molar-refractivity contribution in [3.05, 3.63) is 83.5 Å². The van der Waals surface area contributed by atoms with E-state index in [0.29, 0.717) is 5.92 Å². The number of allylic oxidation sites excluding steroid dienone is 4. The minimum Gasteiger partial charge on any atom is -0.0917 e. The molecule has 0 radical (unpaired) electrons. The van der Waals surface area contributed by atoms with Gasteiger partial charge in [0, 0.05) is 0 Å². The van der Waals surface area contributed by atoms with Crippen LogP contribution < -0.4 is 0 Å². The van der Waals surface area contributed by atoms with Crippen molar-refractivity contribution in [1.29, 1.82) is 0 Å². The molecule has 0 bridgehead atoms. The second-order valence-corrected chi connectivity index (χ2v) is 10.2. The van der Waals surface area contributed by atoms with Gasteiger partial charge in [-0.3, -0.25) is 0 Å². The molecule has 0 heteroatoms. The van der Waals surface area contributed by atoms with Crippen LogP contribution in [0.25, 0.3) is 11.1 Å². The average Bonchev–Trinajstić information content (AvgIpc) is 2.86. The smallest absolute Gasteiger partial charge is 0.0124 e. The lowest BCUT2D eigenvalue weighted by molar-refractivity contribution is 0.308. The molecule has 1 atom stereocenters. The third-order valence-corrected chi connectivity index (χ3v) is 8.01. The van der Waals surface area contributed by atoms with Gasteiger partial charge in [0.15, 0.2) is 0 Å². The predicted octanol–water partition coefficient (Wildman–Crippen LogP) is 9.98. The second kappa shape index (κ2) is 11.7. The summed E-state index contributed by atoms with van der Waals surface area (Å²) in [5.41, 5.74) is 7.44. The Kier molecular flexibility index (Phi) is 8.43. The molecule has 4 rings (SSSR count). The normalized spacial score (nSPS) is 23.9. The van der Waals surface area contributed by atoms with Crippen molar-refractivity contribution < 1.29 is 0 Å². The molecule has 0 aliphatic heterocycles. The van der Waals surface area contributed by atoms with Crippen LogP contribution in [0.5, 0.6) is 0 Å². The quantitative estimate of drug-likeness (QED) is 0.368. The Bertz CT molecular complexity index is 873.